The van der Waals surface area contributed by atoms with Crippen LogP contribution in [-0.4, -0.2) is 65.8 Å². The van der Waals surface area contributed by atoms with Gasteiger partial charge in [0.05, 0.1) is 51.8 Å². The highest BCUT2D eigenvalue weighted by atomic mass is 32.2. The summed E-state index contributed by atoms with van der Waals surface area (Å²) in [7, 11) is -3.47. The van der Waals surface area contributed by atoms with E-state index in [9.17, 15) is 13.2 Å². The van der Waals surface area contributed by atoms with E-state index in [1.807, 2.05) is 36.4 Å². The number of nitrogens with one attached hydrogen (secondary N) is 1. The Morgan fingerprint density at radius 1 is 1.03 bits per heavy atom. The molecule has 38 heavy (non-hydrogen) atoms. The van der Waals surface area contributed by atoms with Crippen LogP contribution >= 0.6 is 0 Å². The number of sulfone groups is 1. The van der Waals surface area contributed by atoms with Crippen molar-refractivity contribution < 1.29 is 17.9 Å². The summed E-state index contributed by atoms with van der Waals surface area (Å²) < 4.78 is 29.4. The molecule has 0 saturated carbocycles. The molecule has 1 saturated heterocycles. The molecule has 1 N–H and O–H groups in total. The van der Waals surface area contributed by atoms with Crippen LogP contribution in [0.3, 0.4) is 0 Å². The standard InChI is InChI=1S/C27H28N6O4S/c1-17-15-33(16-18(2)37-17)26-6-4-5-23(32-26)24-8-7-19-12-29-21(10-25(19)31-24)13-30-27(34)20-9-22(14-28-11-20)38(3,35)36/h4-12,14,17-18H,13,15-16H2,1-3H3,(H,30,34)/t17-,18+. The zero-order valence-electron chi connectivity index (χ0n) is 21.3. The summed E-state index contributed by atoms with van der Waals surface area (Å²) in [5, 5.41) is 3.63. The Morgan fingerprint density at radius 3 is 2.55 bits per heavy atom. The summed E-state index contributed by atoms with van der Waals surface area (Å²) in [6, 6.07) is 12.9. The maximum atomic E-state index is 12.6. The highest BCUT2D eigenvalue weighted by Crippen LogP contribution is 2.24. The van der Waals surface area contributed by atoms with Gasteiger partial charge in [0.2, 0.25) is 0 Å². The first-order valence-electron chi connectivity index (χ1n) is 12.2. The highest BCUT2D eigenvalue weighted by Gasteiger charge is 2.23. The first-order chi connectivity index (χ1) is 18.2. The summed E-state index contributed by atoms with van der Waals surface area (Å²) in [6.07, 6.45) is 5.59. The molecule has 1 aliphatic heterocycles. The third-order valence-corrected chi connectivity index (χ3v) is 7.28. The van der Waals surface area contributed by atoms with Crippen molar-refractivity contribution in [2.75, 3.05) is 24.2 Å². The number of hydrogen-bond acceptors (Lipinski definition) is 9. The van der Waals surface area contributed by atoms with Crippen LogP contribution in [-0.2, 0) is 21.1 Å². The molecular weight excluding hydrogens is 504 g/mol. The van der Waals surface area contributed by atoms with Gasteiger partial charge in [-0.3, -0.25) is 14.8 Å². The second-order valence-electron chi connectivity index (χ2n) is 9.47. The SMILES string of the molecule is C[C@@H]1CN(c2cccc(-c3ccc4cnc(CNC(=O)c5cncc(S(C)(=O)=O)c5)cc4n3)n2)C[C@H](C)O1. The molecule has 0 bridgehead atoms. The Hall–Kier alpha value is -3.96. The highest BCUT2D eigenvalue weighted by molar-refractivity contribution is 7.90. The Labute approximate surface area is 221 Å². The molecule has 196 valence electrons. The van der Waals surface area contributed by atoms with Crippen LogP contribution < -0.4 is 10.2 Å². The lowest BCUT2D eigenvalue weighted by atomic mass is 10.1. The second-order valence-corrected chi connectivity index (χ2v) is 11.5. The van der Waals surface area contributed by atoms with E-state index in [2.05, 4.69) is 34.0 Å². The van der Waals surface area contributed by atoms with Gasteiger partial charge < -0.3 is 15.0 Å². The molecule has 2 atom stereocenters. The fraction of sp³-hybridized carbons (Fsp3) is 0.296. The quantitative estimate of drug-likeness (QED) is 0.399. The maximum absolute atomic E-state index is 12.6. The van der Waals surface area contributed by atoms with Crippen LogP contribution in [0.1, 0.15) is 29.9 Å². The number of ether oxygens (including phenoxy) is 1. The van der Waals surface area contributed by atoms with Crippen LogP contribution in [0.2, 0.25) is 0 Å². The summed E-state index contributed by atoms with van der Waals surface area (Å²) in [5.41, 5.74) is 2.99. The fourth-order valence-electron chi connectivity index (χ4n) is 4.42. The molecule has 4 aromatic rings. The summed E-state index contributed by atoms with van der Waals surface area (Å²) in [5.74, 6) is 0.443. The van der Waals surface area contributed by atoms with E-state index in [4.69, 9.17) is 14.7 Å². The van der Waals surface area contributed by atoms with Crippen LogP contribution in [0.4, 0.5) is 5.82 Å². The largest absolute Gasteiger partial charge is 0.372 e. The van der Waals surface area contributed by atoms with E-state index < -0.39 is 15.7 Å². The molecule has 1 fully saturated rings. The van der Waals surface area contributed by atoms with Crippen LogP contribution in [0.15, 0.2) is 66.0 Å². The lowest BCUT2D eigenvalue weighted by Crippen LogP contribution is -2.45. The fourth-order valence-corrected chi connectivity index (χ4v) is 5.02. The van der Waals surface area contributed by atoms with Crippen molar-refractivity contribution in [1.29, 1.82) is 0 Å². The molecule has 1 amide bonds. The molecule has 10 nitrogen and oxygen atoms in total. The van der Waals surface area contributed by atoms with Gasteiger partial charge in [0.1, 0.15) is 5.82 Å². The Morgan fingerprint density at radius 2 is 1.79 bits per heavy atom. The average Bonchev–Trinajstić information content (AvgIpc) is 2.90. The zero-order chi connectivity index (χ0) is 26.9. The van der Waals surface area contributed by atoms with Crippen LogP contribution in [0.25, 0.3) is 22.3 Å². The van der Waals surface area contributed by atoms with Crippen molar-refractivity contribution >= 4 is 32.5 Å². The monoisotopic (exact) mass is 532 g/mol. The molecular formula is C27H28N6O4S. The Kier molecular flexibility index (Phi) is 7.04. The normalized spacial score (nSPS) is 17.9. The summed E-state index contributed by atoms with van der Waals surface area (Å²) in [4.78, 5) is 32.8. The van der Waals surface area contributed by atoms with Gasteiger partial charge >= 0.3 is 0 Å². The molecule has 0 aliphatic carbocycles. The molecule has 0 radical (unpaired) electrons. The van der Waals surface area contributed by atoms with E-state index in [0.29, 0.717) is 5.69 Å². The van der Waals surface area contributed by atoms with Gasteiger partial charge in [-0.15, -0.1) is 0 Å². The van der Waals surface area contributed by atoms with Crippen molar-refractivity contribution in [2.24, 2.45) is 0 Å². The Balaban J connectivity index is 1.34. The third kappa shape index (κ3) is 5.79. The van der Waals surface area contributed by atoms with Gasteiger partial charge in [-0.05, 0) is 50.2 Å². The minimum Gasteiger partial charge on any atom is -0.372 e. The number of carbonyl (C=O) groups is 1. The first-order valence-corrected chi connectivity index (χ1v) is 14.1. The molecule has 4 aromatic heterocycles. The minimum atomic E-state index is -3.47. The van der Waals surface area contributed by atoms with E-state index >= 15 is 0 Å². The van der Waals surface area contributed by atoms with E-state index in [1.54, 1.807) is 6.20 Å². The summed E-state index contributed by atoms with van der Waals surface area (Å²) in [6.45, 7) is 5.83. The second kappa shape index (κ2) is 10.4. The third-order valence-electron chi connectivity index (χ3n) is 6.20. The zero-order valence-corrected chi connectivity index (χ0v) is 22.1. The van der Waals surface area contributed by atoms with Gasteiger partial charge in [0.15, 0.2) is 9.84 Å². The van der Waals surface area contributed by atoms with Crippen molar-refractivity contribution in [1.82, 2.24) is 25.3 Å². The van der Waals surface area contributed by atoms with Crippen LogP contribution in [0, 0.1) is 0 Å². The van der Waals surface area contributed by atoms with Gasteiger partial charge in [0.25, 0.3) is 5.91 Å². The van der Waals surface area contributed by atoms with Gasteiger partial charge in [-0.1, -0.05) is 6.07 Å². The molecule has 1 aliphatic rings. The van der Waals surface area contributed by atoms with Crippen molar-refractivity contribution in [3.05, 3.63) is 72.3 Å². The topological polar surface area (TPSA) is 127 Å². The number of morpholine rings is 1. The van der Waals surface area contributed by atoms with Gasteiger partial charge in [-0.2, -0.15) is 0 Å². The number of carbonyl (C=O) groups excluding carboxylic acids is 1. The number of fused-ring (bicyclic) bond motifs is 1. The van der Waals surface area contributed by atoms with Crippen LogP contribution in [0.5, 0.6) is 0 Å². The number of nitrogens with zero attached hydrogens (tertiary/aromatic N) is 5. The number of pyridine rings is 4. The lowest BCUT2D eigenvalue weighted by molar-refractivity contribution is -0.00545. The number of anilines is 1. The predicted octanol–water partition coefficient (Wildman–Crippen LogP) is 3.03. The maximum Gasteiger partial charge on any atom is 0.253 e. The van der Waals surface area contributed by atoms with E-state index in [-0.39, 0.29) is 29.2 Å². The predicted molar refractivity (Wildman–Crippen MR) is 144 cm³/mol. The molecule has 0 spiro atoms. The molecule has 5 rings (SSSR count). The molecule has 5 heterocycles. The van der Waals surface area contributed by atoms with E-state index in [0.717, 1.165) is 47.5 Å². The number of rotatable bonds is 6. The van der Waals surface area contributed by atoms with Crippen molar-refractivity contribution in [3.8, 4) is 11.4 Å². The lowest BCUT2D eigenvalue weighted by Gasteiger charge is -2.36. The summed E-state index contributed by atoms with van der Waals surface area (Å²) >= 11 is 0. The molecule has 0 unspecified atom stereocenters. The Bertz CT molecular complexity index is 1600. The van der Waals surface area contributed by atoms with Crippen molar-refractivity contribution in [3.63, 3.8) is 0 Å². The molecule has 0 aromatic carbocycles. The smallest absolute Gasteiger partial charge is 0.253 e. The van der Waals surface area contributed by atoms with Gasteiger partial charge in [0, 0.05) is 43.3 Å². The number of amides is 1. The minimum absolute atomic E-state index is 0.0129. The first kappa shape index (κ1) is 25.7. The average molecular weight is 533 g/mol. The number of hydrogen-bond donors (Lipinski definition) is 1. The number of aromatic nitrogens is 4. The molecule has 11 heteroatoms. The van der Waals surface area contributed by atoms with Crippen molar-refractivity contribution in [2.45, 2.75) is 37.5 Å². The van der Waals surface area contributed by atoms with Gasteiger partial charge in [-0.25, -0.2) is 18.4 Å². The van der Waals surface area contributed by atoms with E-state index in [1.165, 1.54) is 18.5 Å².